The summed E-state index contributed by atoms with van der Waals surface area (Å²) in [5.41, 5.74) is 4.65. The van der Waals surface area contributed by atoms with Gasteiger partial charge in [-0.15, -0.1) is 11.3 Å². The van der Waals surface area contributed by atoms with Gasteiger partial charge < -0.3 is 15.1 Å². The molecule has 0 spiro atoms. The Labute approximate surface area is 166 Å². The average Bonchev–Trinajstić information content (AvgIpc) is 3.30. The van der Waals surface area contributed by atoms with Gasteiger partial charge in [-0.3, -0.25) is 4.99 Å². The van der Waals surface area contributed by atoms with E-state index in [0.717, 1.165) is 40.3 Å². The molecule has 0 unspecified atom stereocenters. The SMILES string of the molecule is CN(C)C(=O)N1CCc2c(sc3ncnc(Nc4ccc5c(c4)C=NC5)c23)C1. The van der Waals surface area contributed by atoms with Gasteiger partial charge in [0.1, 0.15) is 17.0 Å². The number of aliphatic imine (C=N–C) groups is 1. The first-order valence-electron chi connectivity index (χ1n) is 9.21. The number of hydrogen-bond acceptors (Lipinski definition) is 6. The second kappa shape index (κ2) is 6.56. The number of benzene rings is 1. The molecule has 0 saturated carbocycles. The summed E-state index contributed by atoms with van der Waals surface area (Å²) in [6.45, 7) is 2.09. The fourth-order valence-corrected chi connectivity index (χ4v) is 4.99. The molecule has 0 atom stereocenters. The third kappa shape index (κ3) is 2.80. The number of carbonyl (C=O) groups is 1. The minimum atomic E-state index is 0.0485. The van der Waals surface area contributed by atoms with Gasteiger partial charge in [-0.25, -0.2) is 14.8 Å². The lowest BCUT2D eigenvalue weighted by atomic mass is 10.0. The minimum Gasteiger partial charge on any atom is -0.340 e. The molecule has 0 fully saturated rings. The molecule has 0 aliphatic carbocycles. The predicted octanol–water partition coefficient (Wildman–Crippen LogP) is 3.41. The summed E-state index contributed by atoms with van der Waals surface area (Å²) in [4.78, 5) is 31.3. The van der Waals surface area contributed by atoms with Crippen LogP contribution in [0, 0.1) is 0 Å². The summed E-state index contributed by atoms with van der Waals surface area (Å²) in [5, 5.41) is 4.55. The first-order valence-corrected chi connectivity index (χ1v) is 10.0. The van der Waals surface area contributed by atoms with Gasteiger partial charge in [0.15, 0.2) is 0 Å². The summed E-state index contributed by atoms with van der Waals surface area (Å²) in [6.07, 6.45) is 4.33. The molecule has 8 heteroatoms. The van der Waals surface area contributed by atoms with Crippen molar-refractivity contribution < 1.29 is 4.79 Å². The number of nitrogens with one attached hydrogen (secondary N) is 1. The Morgan fingerprint density at radius 2 is 2.18 bits per heavy atom. The number of rotatable bonds is 2. The second-order valence-corrected chi connectivity index (χ2v) is 8.35. The normalized spacial score (nSPS) is 14.9. The predicted molar refractivity (Wildman–Crippen MR) is 112 cm³/mol. The van der Waals surface area contributed by atoms with Gasteiger partial charge in [-0.05, 0) is 35.2 Å². The highest BCUT2D eigenvalue weighted by atomic mass is 32.1. The van der Waals surface area contributed by atoms with Crippen molar-refractivity contribution in [1.82, 2.24) is 19.8 Å². The van der Waals surface area contributed by atoms with E-state index in [1.807, 2.05) is 11.1 Å². The van der Waals surface area contributed by atoms with E-state index < -0.39 is 0 Å². The number of urea groups is 1. The summed E-state index contributed by atoms with van der Waals surface area (Å²) in [5.74, 6) is 0.824. The number of amides is 2. The van der Waals surface area contributed by atoms with Crippen molar-refractivity contribution in [3.05, 3.63) is 46.1 Å². The van der Waals surface area contributed by atoms with Crippen molar-refractivity contribution >= 4 is 45.3 Å². The van der Waals surface area contributed by atoms with Crippen LogP contribution in [0.1, 0.15) is 21.6 Å². The molecule has 0 bridgehead atoms. The van der Waals surface area contributed by atoms with Crippen LogP contribution in [0.3, 0.4) is 0 Å². The largest absolute Gasteiger partial charge is 0.340 e. The number of carbonyl (C=O) groups excluding carboxylic acids is 1. The van der Waals surface area contributed by atoms with E-state index in [2.05, 4.69) is 38.5 Å². The van der Waals surface area contributed by atoms with Gasteiger partial charge in [0.05, 0.1) is 18.5 Å². The maximum absolute atomic E-state index is 12.3. The zero-order chi connectivity index (χ0) is 19.3. The molecule has 2 aliphatic heterocycles. The number of anilines is 2. The standard InChI is InChI=1S/C20H20N6OS/c1-25(2)20(27)26-6-5-15-16(10-26)28-19-17(15)18(22-11-23-19)24-14-4-3-12-8-21-9-13(12)7-14/h3-4,7,9,11H,5-6,8,10H2,1-2H3,(H,22,23,24). The van der Waals surface area contributed by atoms with Crippen LogP contribution in [0.4, 0.5) is 16.3 Å². The van der Waals surface area contributed by atoms with Gasteiger partial charge in [0.2, 0.25) is 0 Å². The quantitative estimate of drug-likeness (QED) is 0.725. The molecule has 5 rings (SSSR count). The highest BCUT2D eigenvalue weighted by Crippen LogP contribution is 2.38. The van der Waals surface area contributed by atoms with Crippen LogP contribution in [-0.2, 0) is 19.5 Å². The Morgan fingerprint density at radius 1 is 1.29 bits per heavy atom. The van der Waals surface area contributed by atoms with Gasteiger partial charge in [0.25, 0.3) is 0 Å². The van der Waals surface area contributed by atoms with Crippen molar-refractivity contribution in [2.45, 2.75) is 19.5 Å². The van der Waals surface area contributed by atoms with Crippen LogP contribution >= 0.6 is 11.3 Å². The molecule has 2 aliphatic rings. The van der Waals surface area contributed by atoms with E-state index in [0.29, 0.717) is 13.1 Å². The summed E-state index contributed by atoms with van der Waals surface area (Å²) in [7, 11) is 3.58. The molecule has 1 N–H and O–H groups in total. The lowest BCUT2D eigenvalue weighted by Gasteiger charge is -2.29. The van der Waals surface area contributed by atoms with Crippen molar-refractivity contribution in [2.75, 3.05) is 26.0 Å². The number of aromatic nitrogens is 2. The van der Waals surface area contributed by atoms with E-state index in [1.165, 1.54) is 16.0 Å². The lowest BCUT2D eigenvalue weighted by molar-refractivity contribution is 0.166. The van der Waals surface area contributed by atoms with E-state index in [1.54, 1.807) is 36.7 Å². The molecule has 0 radical (unpaired) electrons. The molecule has 2 aromatic heterocycles. The molecule has 3 aromatic rings. The minimum absolute atomic E-state index is 0.0485. The van der Waals surface area contributed by atoms with E-state index >= 15 is 0 Å². The number of fused-ring (bicyclic) bond motifs is 4. The molecule has 0 saturated heterocycles. The maximum Gasteiger partial charge on any atom is 0.319 e. The van der Waals surface area contributed by atoms with Gasteiger partial charge in [0, 0.05) is 37.4 Å². The van der Waals surface area contributed by atoms with Gasteiger partial charge in [-0.2, -0.15) is 0 Å². The molecule has 4 heterocycles. The number of nitrogens with zero attached hydrogens (tertiary/aromatic N) is 5. The molecular weight excluding hydrogens is 372 g/mol. The average molecular weight is 392 g/mol. The molecular formula is C20H20N6OS. The molecule has 28 heavy (non-hydrogen) atoms. The van der Waals surface area contributed by atoms with Crippen LogP contribution in [0.2, 0.25) is 0 Å². The van der Waals surface area contributed by atoms with Crippen LogP contribution in [0.15, 0.2) is 29.5 Å². The Hall–Kier alpha value is -3.00. The van der Waals surface area contributed by atoms with E-state index in [-0.39, 0.29) is 6.03 Å². The highest BCUT2D eigenvalue weighted by Gasteiger charge is 2.27. The van der Waals surface area contributed by atoms with Gasteiger partial charge >= 0.3 is 6.03 Å². The Morgan fingerprint density at radius 3 is 3.04 bits per heavy atom. The van der Waals surface area contributed by atoms with E-state index in [4.69, 9.17) is 0 Å². The van der Waals surface area contributed by atoms with Crippen LogP contribution < -0.4 is 5.32 Å². The van der Waals surface area contributed by atoms with Crippen molar-refractivity contribution in [3.8, 4) is 0 Å². The third-order valence-electron chi connectivity index (χ3n) is 5.19. The summed E-state index contributed by atoms with van der Waals surface area (Å²) < 4.78 is 0. The number of hydrogen-bond donors (Lipinski definition) is 1. The highest BCUT2D eigenvalue weighted by molar-refractivity contribution is 7.19. The summed E-state index contributed by atoms with van der Waals surface area (Å²) in [6, 6.07) is 6.33. The van der Waals surface area contributed by atoms with Crippen molar-refractivity contribution in [2.24, 2.45) is 4.99 Å². The zero-order valence-electron chi connectivity index (χ0n) is 15.8. The Bertz CT molecular complexity index is 1120. The fourth-order valence-electron chi connectivity index (χ4n) is 3.78. The topological polar surface area (TPSA) is 73.7 Å². The smallest absolute Gasteiger partial charge is 0.319 e. The first-order chi connectivity index (χ1) is 13.6. The lowest BCUT2D eigenvalue weighted by Crippen LogP contribution is -2.41. The molecule has 1 aromatic carbocycles. The fraction of sp³-hybridized carbons (Fsp3) is 0.300. The Balaban J connectivity index is 1.50. The first kappa shape index (κ1) is 17.1. The van der Waals surface area contributed by atoms with Crippen LogP contribution in [-0.4, -0.2) is 52.7 Å². The zero-order valence-corrected chi connectivity index (χ0v) is 16.6. The van der Waals surface area contributed by atoms with Crippen LogP contribution in [0.5, 0.6) is 0 Å². The van der Waals surface area contributed by atoms with Gasteiger partial charge in [-0.1, -0.05) is 6.07 Å². The molecule has 7 nitrogen and oxygen atoms in total. The molecule has 2 amide bonds. The van der Waals surface area contributed by atoms with E-state index in [9.17, 15) is 4.79 Å². The second-order valence-electron chi connectivity index (χ2n) is 7.26. The monoisotopic (exact) mass is 392 g/mol. The molecule has 142 valence electrons. The van der Waals surface area contributed by atoms with Crippen LogP contribution in [0.25, 0.3) is 10.2 Å². The third-order valence-corrected chi connectivity index (χ3v) is 6.32. The maximum atomic E-state index is 12.3. The van der Waals surface area contributed by atoms with Crippen molar-refractivity contribution in [3.63, 3.8) is 0 Å². The Kier molecular flexibility index (Phi) is 4.01. The van der Waals surface area contributed by atoms with Crippen molar-refractivity contribution in [1.29, 1.82) is 0 Å². The number of thiophene rings is 1. The summed E-state index contributed by atoms with van der Waals surface area (Å²) >= 11 is 1.65.